The van der Waals surface area contributed by atoms with Crippen LogP contribution >= 0.6 is 0 Å². The van der Waals surface area contributed by atoms with E-state index in [1.54, 1.807) is 17.0 Å². The Bertz CT molecular complexity index is 675. The molecule has 0 amide bonds. The van der Waals surface area contributed by atoms with Crippen molar-refractivity contribution < 1.29 is 8.42 Å². The van der Waals surface area contributed by atoms with E-state index in [-0.39, 0.29) is 11.6 Å². The minimum atomic E-state index is -3.64. The Morgan fingerprint density at radius 2 is 2.19 bits per heavy atom. The molecule has 0 aliphatic heterocycles. The molecule has 21 heavy (non-hydrogen) atoms. The van der Waals surface area contributed by atoms with Gasteiger partial charge in [0.25, 0.3) is 10.0 Å². The van der Waals surface area contributed by atoms with Gasteiger partial charge in [-0.15, -0.1) is 0 Å². The monoisotopic (exact) mass is 312 g/mol. The maximum atomic E-state index is 12.3. The molecule has 0 fully saturated rings. The Morgan fingerprint density at radius 1 is 1.38 bits per heavy atom. The first-order valence-electron chi connectivity index (χ1n) is 6.73. The first kappa shape index (κ1) is 15.7. The van der Waals surface area contributed by atoms with Crippen molar-refractivity contribution in [2.75, 3.05) is 6.54 Å². The van der Waals surface area contributed by atoms with Gasteiger partial charge < -0.3 is 9.88 Å². The topological polar surface area (TPSA) is 105 Å². The standard InChI is InChI=1S/C12H20N6O2S/c1-3-4-13-7-10-8-15-17-12(10)21(19,20)16-9-11-14-5-6-18(11)2/h5-6,8,13,16H,3-4,7,9H2,1-2H3,(H,15,17). The van der Waals surface area contributed by atoms with Gasteiger partial charge in [-0.3, -0.25) is 5.10 Å². The Kier molecular flexibility index (Phi) is 5.10. The van der Waals surface area contributed by atoms with Crippen LogP contribution in [0, 0.1) is 0 Å². The lowest BCUT2D eigenvalue weighted by atomic mass is 10.3. The van der Waals surface area contributed by atoms with E-state index >= 15 is 0 Å². The summed E-state index contributed by atoms with van der Waals surface area (Å²) in [5, 5.41) is 9.63. The van der Waals surface area contributed by atoms with Crippen molar-refractivity contribution >= 4 is 10.0 Å². The molecule has 0 unspecified atom stereocenters. The van der Waals surface area contributed by atoms with Crippen molar-refractivity contribution in [3.8, 4) is 0 Å². The number of hydrogen-bond acceptors (Lipinski definition) is 5. The predicted octanol–water partition coefficient (Wildman–Crippen LogP) is 0.121. The van der Waals surface area contributed by atoms with Crippen molar-refractivity contribution in [2.45, 2.75) is 31.5 Å². The van der Waals surface area contributed by atoms with Gasteiger partial charge in [0.05, 0.1) is 12.7 Å². The van der Waals surface area contributed by atoms with Gasteiger partial charge in [-0.05, 0) is 13.0 Å². The average Bonchev–Trinajstić information content (AvgIpc) is 3.06. The van der Waals surface area contributed by atoms with Gasteiger partial charge in [0.15, 0.2) is 5.03 Å². The number of nitrogens with one attached hydrogen (secondary N) is 3. The van der Waals surface area contributed by atoms with E-state index in [1.807, 2.05) is 7.05 Å². The maximum absolute atomic E-state index is 12.3. The maximum Gasteiger partial charge on any atom is 0.258 e. The minimum absolute atomic E-state index is 0.0975. The normalized spacial score (nSPS) is 11.9. The Balaban J connectivity index is 2.05. The Morgan fingerprint density at radius 3 is 2.86 bits per heavy atom. The molecule has 0 aliphatic rings. The molecule has 0 bridgehead atoms. The number of hydrogen-bond donors (Lipinski definition) is 3. The van der Waals surface area contributed by atoms with E-state index in [0.717, 1.165) is 13.0 Å². The van der Waals surface area contributed by atoms with Crippen LogP contribution in [0.4, 0.5) is 0 Å². The molecule has 2 aromatic rings. The first-order chi connectivity index (χ1) is 10.0. The fourth-order valence-corrected chi connectivity index (χ4v) is 2.96. The van der Waals surface area contributed by atoms with Crippen LogP contribution in [0.15, 0.2) is 23.6 Å². The Hall–Kier alpha value is -1.71. The molecule has 0 saturated heterocycles. The number of H-pyrrole nitrogens is 1. The van der Waals surface area contributed by atoms with Gasteiger partial charge in [-0.2, -0.15) is 5.10 Å². The molecule has 3 N–H and O–H groups in total. The van der Waals surface area contributed by atoms with Crippen LogP contribution in [-0.4, -0.2) is 34.7 Å². The summed E-state index contributed by atoms with van der Waals surface area (Å²) < 4.78 is 28.9. The molecule has 0 radical (unpaired) electrons. The van der Waals surface area contributed by atoms with Crippen LogP contribution in [0.3, 0.4) is 0 Å². The molecule has 0 spiro atoms. The molecule has 0 saturated carbocycles. The largest absolute Gasteiger partial charge is 0.337 e. The Labute approximate surface area is 124 Å². The molecule has 0 aromatic carbocycles. The number of imidazole rings is 1. The summed E-state index contributed by atoms with van der Waals surface area (Å²) in [6.07, 6.45) is 5.90. The van der Waals surface area contributed by atoms with Crippen LogP contribution in [0.1, 0.15) is 24.7 Å². The van der Waals surface area contributed by atoms with Crippen LogP contribution in [0.25, 0.3) is 0 Å². The summed E-state index contributed by atoms with van der Waals surface area (Å²) in [6, 6.07) is 0. The number of aryl methyl sites for hydroxylation is 1. The smallest absolute Gasteiger partial charge is 0.258 e. The van der Waals surface area contributed by atoms with Crippen molar-refractivity contribution in [3.05, 3.63) is 30.0 Å². The van der Waals surface area contributed by atoms with Crippen molar-refractivity contribution in [1.82, 2.24) is 29.8 Å². The van der Waals surface area contributed by atoms with Gasteiger partial charge >= 0.3 is 0 Å². The van der Waals surface area contributed by atoms with Crippen LogP contribution in [-0.2, 0) is 30.2 Å². The molecule has 9 heteroatoms. The van der Waals surface area contributed by atoms with Crippen LogP contribution in [0.2, 0.25) is 0 Å². The van der Waals surface area contributed by atoms with Gasteiger partial charge in [0, 0.05) is 31.5 Å². The van der Waals surface area contributed by atoms with Crippen LogP contribution in [0.5, 0.6) is 0 Å². The average molecular weight is 312 g/mol. The second-order valence-electron chi connectivity index (χ2n) is 4.68. The molecule has 2 rings (SSSR count). The molecule has 116 valence electrons. The number of nitrogens with zero attached hydrogens (tertiary/aromatic N) is 3. The zero-order valence-electron chi connectivity index (χ0n) is 12.1. The van der Waals surface area contributed by atoms with Crippen LogP contribution < -0.4 is 10.0 Å². The number of sulfonamides is 1. The van der Waals surface area contributed by atoms with E-state index in [0.29, 0.717) is 17.9 Å². The molecule has 0 atom stereocenters. The summed E-state index contributed by atoms with van der Waals surface area (Å²) in [5.74, 6) is 0.642. The summed E-state index contributed by atoms with van der Waals surface area (Å²) in [6.45, 7) is 3.47. The van der Waals surface area contributed by atoms with Gasteiger partial charge in [-0.25, -0.2) is 18.1 Å². The van der Waals surface area contributed by atoms with Gasteiger partial charge in [0.2, 0.25) is 0 Å². The minimum Gasteiger partial charge on any atom is -0.337 e. The van der Waals surface area contributed by atoms with Crippen molar-refractivity contribution in [2.24, 2.45) is 7.05 Å². The molecule has 8 nitrogen and oxygen atoms in total. The third-order valence-electron chi connectivity index (χ3n) is 3.03. The summed E-state index contributed by atoms with van der Waals surface area (Å²) >= 11 is 0. The third kappa shape index (κ3) is 3.90. The molecule has 2 heterocycles. The van der Waals surface area contributed by atoms with E-state index < -0.39 is 10.0 Å². The third-order valence-corrected chi connectivity index (χ3v) is 4.45. The fourth-order valence-electron chi connectivity index (χ4n) is 1.86. The fraction of sp³-hybridized carbons (Fsp3) is 0.500. The summed E-state index contributed by atoms with van der Waals surface area (Å²) in [7, 11) is -1.83. The zero-order chi connectivity index (χ0) is 15.3. The lowest BCUT2D eigenvalue weighted by Gasteiger charge is -2.07. The number of aromatic nitrogens is 4. The highest BCUT2D eigenvalue weighted by Crippen LogP contribution is 2.12. The molecular weight excluding hydrogens is 292 g/mol. The number of aromatic amines is 1. The van der Waals surface area contributed by atoms with E-state index in [2.05, 4.69) is 32.1 Å². The van der Waals surface area contributed by atoms with Crippen molar-refractivity contribution in [1.29, 1.82) is 0 Å². The second-order valence-corrected chi connectivity index (χ2v) is 6.38. The van der Waals surface area contributed by atoms with E-state index in [4.69, 9.17) is 0 Å². The zero-order valence-corrected chi connectivity index (χ0v) is 12.9. The molecule has 0 aliphatic carbocycles. The highest BCUT2D eigenvalue weighted by atomic mass is 32.2. The predicted molar refractivity (Wildman–Crippen MR) is 77.8 cm³/mol. The molecular formula is C12H20N6O2S. The van der Waals surface area contributed by atoms with Gasteiger partial charge in [-0.1, -0.05) is 6.92 Å². The first-order valence-corrected chi connectivity index (χ1v) is 8.21. The van der Waals surface area contributed by atoms with Gasteiger partial charge in [0.1, 0.15) is 5.82 Å². The lowest BCUT2D eigenvalue weighted by molar-refractivity contribution is 0.570. The molecule has 2 aromatic heterocycles. The quantitative estimate of drug-likeness (QED) is 0.601. The highest BCUT2D eigenvalue weighted by Gasteiger charge is 2.20. The highest BCUT2D eigenvalue weighted by molar-refractivity contribution is 7.89. The summed E-state index contributed by atoms with van der Waals surface area (Å²) in [5.41, 5.74) is 0.621. The van der Waals surface area contributed by atoms with E-state index in [9.17, 15) is 8.42 Å². The van der Waals surface area contributed by atoms with E-state index in [1.165, 1.54) is 6.20 Å². The summed E-state index contributed by atoms with van der Waals surface area (Å²) in [4.78, 5) is 4.08. The second kappa shape index (κ2) is 6.83. The van der Waals surface area contributed by atoms with Crippen molar-refractivity contribution in [3.63, 3.8) is 0 Å². The lowest BCUT2D eigenvalue weighted by Crippen LogP contribution is -2.26. The SMILES string of the molecule is CCCNCc1cn[nH]c1S(=O)(=O)NCc1nccn1C. The number of rotatable bonds is 8.